The fourth-order valence-corrected chi connectivity index (χ4v) is 0.964. The van der Waals surface area contributed by atoms with Crippen LogP contribution in [0.15, 0.2) is 0 Å². The molecule has 5 heteroatoms. The van der Waals surface area contributed by atoms with Gasteiger partial charge < -0.3 is 9.84 Å². The van der Waals surface area contributed by atoms with E-state index < -0.39 is 24.6 Å². The van der Waals surface area contributed by atoms with Crippen molar-refractivity contribution in [1.29, 1.82) is 0 Å². The van der Waals surface area contributed by atoms with E-state index >= 15 is 0 Å². The van der Waals surface area contributed by atoms with E-state index in [9.17, 15) is 13.6 Å². The molecule has 0 aromatic heterocycles. The van der Waals surface area contributed by atoms with Crippen molar-refractivity contribution in [2.24, 2.45) is 5.92 Å². The summed E-state index contributed by atoms with van der Waals surface area (Å²) in [5.41, 5.74) is 0. The van der Waals surface area contributed by atoms with E-state index in [1.165, 1.54) is 6.92 Å². The number of carboxylic acid groups (broad SMARTS) is 1. The van der Waals surface area contributed by atoms with Crippen molar-refractivity contribution in [3.8, 4) is 0 Å². The second-order valence-corrected chi connectivity index (χ2v) is 2.45. The molecule has 0 aromatic carbocycles. The van der Waals surface area contributed by atoms with Crippen molar-refractivity contribution in [1.82, 2.24) is 0 Å². The summed E-state index contributed by atoms with van der Waals surface area (Å²) in [6.45, 7) is 0.0341. The highest BCUT2D eigenvalue weighted by Crippen LogP contribution is 2.14. The molecule has 3 nitrogen and oxygen atoms in total. The summed E-state index contributed by atoms with van der Waals surface area (Å²) in [7, 11) is 0. The molecule has 0 radical (unpaired) electrons. The molecule has 2 atom stereocenters. The first-order valence-corrected chi connectivity index (χ1v) is 3.65. The Bertz CT molecular complexity index is 150. The molecule has 0 heterocycles. The average Bonchev–Trinajstić information content (AvgIpc) is 1.85. The van der Waals surface area contributed by atoms with E-state index in [1.54, 1.807) is 6.92 Å². The summed E-state index contributed by atoms with van der Waals surface area (Å²) in [5, 5.41) is 8.53. The minimum absolute atomic E-state index is 0.281. The molecule has 0 fully saturated rings. The van der Waals surface area contributed by atoms with Gasteiger partial charge in [-0.25, -0.2) is 0 Å². The summed E-state index contributed by atoms with van der Waals surface area (Å²) in [6, 6.07) is 0. The third-order valence-corrected chi connectivity index (χ3v) is 1.64. The SMILES string of the molecule is CCC(C(=O)O)C(C)OC(F)F. The highest BCUT2D eigenvalue weighted by atomic mass is 19.3. The summed E-state index contributed by atoms with van der Waals surface area (Å²) < 4.78 is 27.3. The predicted molar refractivity (Wildman–Crippen MR) is 38.0 cm³/mol. The van der Waals surface area contributed by atoms with Gasteiger partial charge in [0, 0.05) is 0 Å². The van der Waals surface area contributed by atoms with Crippen molar-refractivity contribution in [3.63, 3.8) is 0 Å². The number of rotatable bonds is 5. The molecule has 0 spiro atoms. The summed E-state index contributed by atoms with van der Waals surface area (Å²) >= 11 is 0. The Labute approximate surface area is 69.3 Å². The maximum atomic E-state index is 11.6. The van der Waals surface area contributed by atoms with Crippen LogP contribution in [0.3, 0.4) is 0 Å². The maximum absolute atomic E-state index is 11.6. The number of alkyl halides is 2. The van der Waals surface area contributed by atoms with E-state index in [-0.39, 0.29) is 6.42 Å². The number of aliphatic carboxylic acids is 1. The van der Waals surface area contributed by atoms with E-state index in [2.05, 4.69) is 4.74 Å². The van der Waals surface area contributed by atoms with Gasteiger partial charge in [-0.1, -0.05) is 6.92 Å². The maximum Gasteiger partial charge on any atom is 0.345 e. The molecule has 12 heavy (non-hydrogen) atoms. The van der Waals surface area contributed by atoms with Crippen LogP contribution in [-0.4, -0.2) is 23.8 Å². The molecule has 2 unspecified atom stereocenters. The van der Waals surface area contributed by atoms with Gasteiger partial charge in [-0.3, -0.25) is 4.79 Å². The molecule has 0 saturated heterocycles. The standard InChI is InChI=1S/C7H12F2O3/c1-3-5(6(10)11)4(2)12-7(8)9/h4-5,7H,3H2,1-2H3,(H,10,11). The van der Waals surface area contributed by atoms with E-state index in [0.29, 0.717) is 0 Å². The zero-order valence-electron chi connectivity index (χ0n) is 6.96. The molecule has 0 aliphatic heterocycles. The van der Waals surface area contributed by atoms with Gasteiger partial charge in [-0.05, 0) is 13.3 Å². The Morgan fingerprint density at radius 3 is 2.33 bits per heavy atom. The van der Waals surface area contributed by atoms with Gasteiger partial charge in [0.15, 0.2) is 0 Å². The largest absolute Gasteiger partial charge is 0.481 e. The molecule has 0 rings (SSSR count). The van der Waals surface area contributed by atoms with Crippen LogP contribution in [0.1, 0.15) is 20.3 Å². The van der Waals surface area contributed by atoms with Crippen LogP contribution in [-0.2, 0) is 9.53 Å². The topological polar surface area (TPSA) is 46.5 Å². The molecular formula is C7H12F2O3. The fourth-order valence-electron chi connectivity index (χ4n) is 0.964. The molecule has 0 aliphatic carbocycles. The summed E-state index contributed by atoms with van der Waals surface area (Å²) in [6.07, 6.45) is -0.670. The van der Waals surface area contributed by atoms with E-state index in [1.807, 2.05) is 0 Å². The van der Waals surface area contributed by atoms with Crippen molar-refractivity contribution < 1.29 is 23.4 Å². The van der Waals surface area contributed by atoms with Gasteiger partial charge >= 0.3 is 12.6 Å². The van der Waals surface area contributed by atoms with Gasteiger partial charge in [-0.2, -0.15) is 8.78 Å². The summed E-state index contributed by atoms with van der Waals surface area (Å²) in [4.78, 5) is 10.4. The van der Waals surface area contributed by atoms with Gasteiger partial charge in [0.1, 0.15) is 0 Å². The van der Waals surface area contributed by atoms with Gasteiger partial charge in [0.25, 0.3) is 0 Å². The van der Waals surface area contributed by atoms with Crippen molar-refractivity contribution in [3.05, 3.63) is 0 Å². The van der Waals surface area contributed by atoms with Crippen LogP contribution >= 0.6 is 0 Å². The van der Waals surface area contributed by atoms with Crippen LogP contribution < -0.4 is 0 Å². The van der Waals surface area contributed by atoms with Crippen LogP contribution in [0.4, 0.5) is 8.78 Å². The van der Waals surface area contributed by atoms with Crippen molar-refractivity contribution in [2.45, 2.75) is 33.0 Å². The van der Waals surface area contributed by atoms with Crippen molar-refractivity contribution >= 4 is 5.97 Å². The molecule has 0 aromatic rings. The van der Waals surface area contributed by atoms with E-state index in [4.69, 9.17) is 5.11 Å². The van der Waals surface area contributed by atoms with Gasteiger partial charge in [0.05, 0.1) is 12.0 Å². The Kier molecular flexibility index (Phi) is 4.73. The minimum Gasteiger partial charge on any atom is -0.481 e. The van der Waals surface area contributed by atoms with Crippen LogP contribution in [0.25, 0.3) is 0 Å². The molecule has 1 N–H and O–H groups in total. The Morgan fingerprint density at radius 2 is 2.08 bits per heavy atom. The van der Waals surface area contributed by atoms with Crippen LogP contribution in [0.2, 0.25) is 0 Å². The quantitative estimate of drug-likeness (QED) is 0.704. The first kappa shape index (κ1) is 11.3. The normalized spacial score (nSPS) is 16.1. The smallest absolute Gasteiger partial charge is 0.345 e. The average molecular weight is 182 g/mol. The first-order chi connectivity index (χ1) is 5.49. The van der Waals surface area contributed by atoms with Crippen LogP contribution in [0.5, 0.6) is 0 Å². The van der Waals surface area contributed by atoms with Gasteiger partial charge in [-0.15, -0.1) is 0 Å². The zero-order chi connectivity index (χ0) is 9.72. The monoisotopic (exact) mass is 182 g/mol. The Hall–Kier alpha value is -0.710. The number of carboxylic acids is 1. The number of hydrogen-bond donors (Lipinski definition) is 1. The fraction of sp³-hybridized carbons (Fsp3) is 0.857. The molecule has 0 saturated carbocycles. The Morgan fingerprint density at radius 1 is 1.58 bits per heavy atom. The lowest BCUT2D eigenvalue weighted by molar-refractivity contribution is -0.180. The Balaban J connectivity index is 4.02. The third kappa shape index (κ3) is 3.61. The zero-order valence-corrected chi connectivity index (χ0v) is 6.96. The predicted octanol–water partition coefficient (Wildman–Crippen LogP) is 1.72. The lowest BCUT2D eigenvalue weighted by atomic mass is 10.0. The second-order valence-electron chi connectivity index (χ2n) is 2.45. The molecule has 72 valence electrons. The molecule has 0 bridgehead atoms. The van der Waals surface area contributed by atoms with Crippen LogP contribution in [0, 0.1) is 5.92 Å². The van der Waals surface area contributed by atoms with E-state index in [0.717, 1.165) is 0 Å². The van der Waals surface area contributed by atoms with Crippen molar-refractivity contribution in [2.75, 3.05) is 0 Å². The number of halogens is 2. The minimum atomic E-state index is -2.91. The first-order valence-electron chi connectivity index (χ1n) is 3.65. The lowest BCUT2D eigenvalue weighted by Gasteiger charge is -2.18. The number of carbonyl (C=O) groups is 1. The highest BCUT2D eigenvalue weighted by molar-refractivity contribution is 5.70. The molecular weight excluding hydrogens is 170 g/mol. The summed E-state index contributed by atoms with van der Waals surface area (Å²) in [5.74, 6) is -1.97. The lowest BCUT2D eigenvalue weighted by Crippen LogP contribution is -2.29. The molecule has 0 aliphatic rings. The number of hydrogen-bond acceptors (Lipinski definition) is 2. The third-order valence-electron chi connectivity index (χ3n) is 1.64. The highest BCUT2D eigenvalue weighted by Gasteiger charge is 2.25. The molecule has 0 amide bonds. The number of ether oxygens (including phenoxy) is 1. The second kappa shape index (κ2) is 5.03. The van der Waals surface area contributed by atoms with Gasteiger partial charge in [0.2, 0.25) is 0 Å².